The number of halogens is 3. The van der Waals surface area contributed by atoms with E-state index >= 15 is 0 Å². The maximum absolute atomic E-state index is 13.0. The average Bonchev–Trinajstić information content (AvgIpc) is 3.21. The van der Waals surface area contributed by atoms with Gasteiger partial charge in [0.05, 0.1) is 12.1 Å². The lowest BCUT2D eigenvalue weighted by atomic mass is 10.0. The molecule has 2 aliphatic rings. The summed E-state index contributed by atoms with van der Waals surface area (Å²) in [4.78, 5) is 11.5. The van der Waals surface area contributed by atoms with Crippen molar-refractivity contribution < 1.29 is 13.2 Å². The predicted molar refractivity (Wildman–Crippen MR) is 106 cm³/mol. The second kappa shape index (κ2) is 8.39. The van der Waals surface area contributed by atoms with Crippen molar-refractivity contribution in [3.63, 3.8) is 0 Å². The number of aromatic nitrogens is 1. The van der Waals surface area contributed by atoms with E-state index in [0.717, 1.165) is 56.9 Å². The molecular weight excluding hydrogens is 385 g/mol. The third kappa shape index (κ3) is 4.67. The zero-order valence-electron chi connectivity index (χ0n) is 15.7. The van der Waals surface area contributed by atoms with Crippen molar-refractivity contribution in [1.82, 2.24) is 14.8 Å². The molecule has 2 fully saturated rings. The van der Waals surface area contributed by atoms with Gasteiger partial charge in [0.2, 0.25) is 0 Å². The van der Waals surface area contributed by atoms with Crippen LogP contribution in [-0.4, -0.2) is 60.1 Å². The Bertz CT molecular complexity index is 757. The highest BCUT2D eigenvalue weighted by atomic mass is 32.1. The molecule has 2 aromatic rings. The highest BCUT2D eigenvalue weighted by Crippen LogP contribution is 2.32. The van der Waals surface area contributed by atoms with Crippen LogP contribution in [0.2, 0.25) is 0 Å². The zero-order valence-corrected chi connectivity index (χ0v) is 16.6. The number of nitrogens with zero attached hydrogens (tertiary/aromatic N) is 4. The van der Waals surface area contributed by atoms with E-state index in [0.29, 0.717) is 11.7 Å². The van der Waals surface area contributed by atoms with Gasteiger partial charge < -0.3 is 4.90 Å². The van der Waals surface area contributed by atoms with Crippen LogP contribution in [0.5, 0.6) is 0 Å². The zero-order chi connectivity index (χ0) is 19.6. The molecule has 0 N–H and O–H groups in total. The van der Waals surface area contributed by atoms with Gasteiger partial charge in [-0.2, -0.15) is 13.2 Å². The van der Waals surface area contributed by atoms with Crippen LogP contribution in [0.15, 0.2) is 35.8 Å². The van der Waals surface area contributed by atoms with Crippen molar-refractivity contribution in [2.45, 2.75) is 31.6 Å². The molecule has 152 valence electrons. The fraction of sp³-hybridized carbons (Fsp3) is 0.550. The quantitative estimate of drug-likeness (QED) is 0.761. The summed E-state index contributed by atoms with van der Waals surface area (Å²) in [5.41, 5.74) is 0.0982. The summed E-state index contributed by atoms with van der Waals surface area (Å²) in [6.07, 6.45) is -0.0585. The number of piperazine rings is 1. The first-order valence-electron chi connectivity index (χ1n) is 9.76. The van der Waals surface area contributed by atoms with E-state index in [1.54, 1.807) is 17.4 Å². The van der Waals surface area contributed by atoms with Crippen molar-refractivity contribution in [2.75, 3.05) is 44.2 Å². The van der Waals surface area contributed by atoms with Gasteiger partial charge in [-0.1, -0.05) is 6.07 Å². The highest BCUT2D eigenvalue weighted by molar-refractivity contribution is 7.09. The Kier molecular flexibility index (Phi) is 5.89. The maximum Gasteiger partial charge on any atom is 0.416 e. The molecule has 0 aliphatic carbocycles. The van der Waals surface area contributed by atoms with Crippen LogP contribution in [0.1, 0.15) is 23.4 Å². The van der Waals surface area contributed by atoms with E-state index in [1.165, 1.54) is 25.0 Å². The van der Waals surface area contributed by atoms with Gasteiger partial charge >= 0.3 is 6.18 Å². The number of anilines is 1. The normalized spacial score (nSPS) is 22.5. The van der Waals surface area contributed by atoms with Crippen LogP contribution < -0.4 is 4.90 Å². The van der Waals surface area contributed by atoms with Crippen LogP contribution in [0.25, 0.3) is 0 Å². The first kappa shape index (κ1) is 19.7. The summed E-state index contributed by atoms with van der Waals surface area (Å²) in [7, 11) is 0. The summed E-state index contributed by atoms with van der Waals surface area (Å²) in [5.74, 6) is 0. The monoisotopic (exact) mass is 410 g/mol. The fourth-order valence-electron chi connectivity index (χ4n) is 4.22. The Morgan fingerprint density at radius 3 is 2.64 bits per heavy atom. The van der Waals surface area contributed by atoms with E-state index in [4.69, 9.17) is 0 Å². The number of hydrogen-bond acceptors (Lipinski definition) is 5. The molecule has 4 nitrogen and oxygen atoms in total. The highest BCUT2D eigenvalue weighted by Gasteiger charge is 2.32. The Morgan fingerprint density at radius 1 is 1.11 bits per heavy atom. The first-order valence-corrected chi connectivity index (χ1v) is 10.6. The van der Waals surface area contributed by atoms with Gasteiger partial charge in [-0.05, 0) is 37.6 Å². The predicted octanol–water partition coefficient (Wildman–Crippen LogP) is 3.95. The molecule has 3 heterocycles. The van der Waals surface area contributed by atoms with Gasteiger partial charge in [-0.25, -0.2) is 4.98 Å². The molecule has 1 aromatic carbocycles. The molecule has 0 saturated carbocycles. The van der Waals surface area contributed by atoms with E-state index in [1.807, 2.05) is 11.6 Å². The SMILES string of the molecule is FC(F)(F)c1cccc(N2CCN([C@@H]3CCCN(Cc4nccs4)C3)CC2)c1. The van der Waals surface area contributed by atoms with E-state index in [2.05, 4.69) is 19.7 Å². The van der Waals surface area contributed by atoms with Crippen molar-refractivity contribution in [3.8, 4) is 0 Å². The lowest BCUT2D eigenvalue weighted by Crippen LogP contribution is -2.55. The Labute approximate surface area is 167 Å². The molecule has 28 heavy (non-hydrogen) atoms. The van der Waals surface area contributed by atoms with Crippen LogP contribution in [0.3, 0.4) is 0 Å². The van der Waals surface area contributed by atoms with Gasteiger partial charge in [-0.15, -0.1) is 11.3 Å². The molecule has 1 aromatic heterocycles. The van der Waals surface area contributed by atoms with E-state index in [-0.39, 0.29) is 0 Å². The molecule has 2 saturated heterocycles. The Balaban J connectivity index is 1.32. The topological polar surface area (TPSA) is 22.6 Å². The van der Waals surface area contributed by atoms with E-state index in [9.17, 15) is 13.2 Å². The van der Waals surface area contributed by atoms with E-state index < -0.39 is 11.7 Å². The van der Waals surface area contributed by atoms with Gasteiger partial charge in [0.1, 0.15) is 5.01 Å². The maximum atomic E-state index is 13.0. The number of thiazole rings is 1. The summed E-state index contributed by atoms with van der Waals surface area (Å²) in [6.45, 7) is 6.40. The molecule has 0 amide bonds. The number of alkyl halides is 3. The number of piperidine rings is 1. The van der Waals surface area contributed by atoms with Crippen molar-refractivity contribution in [3.05, 3.63) is 46.4 Å². The first-order chi connectivity index (χ1) is 13.5. The minimum atomic E-state index is -4.29. The minimum absolute atomic E-state index is 0.525. The van der Waals surface area contributed by atoms with Crippen LogP contribution >= 0.6 is 11.3 Å². The summed E-state index contributed by atoms with van der Waals surface area (Å²) in [5, 5.41) is 3.18. The Hall–Kier alpha value is -1.64. The Morgan fingerprint density at radius 2 is 1.93 bits per heavy atom. The lowest BCUT2D eigenvalue weighted by molar-refractivity contribution is -0.137. The van der Waals surface area contributed by atoms with Gasteiger partial charge in [0.15, 0.2) is 0 Å². The second-order valence-electron chi connectivity index (χ2n) is 7.53. The summed E-state index contributed by atoms with van der Waals surface area (Å²) >= 11 is 1.70. The minimum Gasteiger partial charge on any atom is -0.369 e. The average molecular weight is 411 g/mol. The number of rotatable bonds is 4. The number of benzene rings is 1. The molecule has 0 unspecified atom stereocenters. The summed E-state index contributed by atoms with van der Waals surface area (Å²) < 4.78 is 38.9. The lowest BCUT2D eigenvalue weighted by Gasteiger charge is -2.44. The molecular formula is C20H25F3N4S. The van der Waals surface area contributed by atoms with Gasteiger partial charge in [-0.3, -0.25) is 9.80 Å². The summed E-state index contributed by atoms with van der Waals surface area (Å²) in [6, 6.07) is 6.21. The number of hydrogen-bond donors (Lipinski definition) is 0. The molecule has 0 bridgehead atoms. The van der Waals surface area contributed by atoms with Crippen molar-refractivity contribution in [2.24, 2.45) is 0 Å². The second-order valence-corrected chi connectivity index (χ2v) is 8.51. The molecule has 0 radical (unpaired) electrons. The third-order valence-electron chi connectivity index (χ3n) is 5.69. The van der Waals surface area contributed by atoms with Crippen molar-refractivity contribution in [1.29, 1.82) is 0 Å². The smallest absolute Gasteiger partial charge is 0.369 e. The van der Waals surface area contributed by atoms with Crippen LogP contribution in [0, 0.1) is 0 Å². The molecule has 4 rings (SSSR count). The molecule has 8 heteroatoms. The number of likely N-dealkylation sites (tertiary alicyclic amines) is 1. The molecule has 2 aliphatic heterocycles. The van der Waals surface area contributed by atoms with Crippen LogP contribution in [-0.2, 0) is 12.7 Å². The largest absolute Gasteiger partial charge is 0.416 e. The van der Waals surface area contributed by atoms with Crippen molar-refractivity contribution >= 4 is 17.0 Å². The fourth-order valence-corrected chi connectivity index (χ4v) is 4.88. The third-order valence-corrected chi connectivity index (χ3v) is 6.46. The standard InChI is InChI=1S/C20H25F3N4S/c21-20(22,23)16-3-1-4-17(13-16)26-8-10-27(11-9-26)18-5-2-7-25(14-18)15-19-24-6-12-28-19/h1,3-4,6,12-13,18H,2,5,7-11,14-15H2/t18-/m1/s1. The van der Waals surface area contributed by atoms with Crippen LogP contribution in [0.4, 0.5) is 18.9 Å². The molecule has 1 atom stereocenters. The molecule has 0 spiro atoms. The van der Waals surface area contributed by atoms with Gasteiger partial charge in [0.25, 0.3) is 0 Å². The van der Waals surface area contributed by atoms with Gasteiger partial charge in [0, 0.05) is 56.0 Å².